The Bertz CT molecular complexity index is 768. The molecule has 2 amide bonds. The van der Waals surface area contributed by atoms with E-state index in [1.165, 1.54) is 23.9 Å². The average molecular weight is 417 g/mol. The molecule has 0 saturated heterocycles. The van der Waals surface area contributed by atoms with Gasteiger partial charge in [-0.15, -0.1) is 11.8 Å². The van der Waals surface area contributed by atoms with E-state index in [0.29, 0.717) is 25.3 Å². The van der Waals surface area contributed by atoms with Crippen LogP contribution < -0.4 is 5.32 Å². The molecule has 2 rings (SSSR count). The second-order valence-corrected chi connectivity index (χ2v) is 7.83. The van der Waals surface area contributed by atoms with Crippen LogP contribution in [0.5, 0.6) is 0 Å². The standard InChI is InChI=1S/C23H29FN2O2S/c1-3-14-25-23(28)21(4-2)26(15-18-8-6-5-7-9-18)22(27)17-29-16-19-10-12-20(24)13-11-19/h5-13,21H,3-4,14-17H2,1-2H3,(H,25,28)/t21-/m1/s1. The number of benzene rings is 2. The van der Waals surface area contributed by atoms with E-state index in [0.717, 1.165) is 17.5 Å². The molecule has 0 aromatic heterocycles. The number of halogens is 1. The maximum absolute atomic E-state index is 13.0. The van der Waals surface area contributed by atoms with Gasteiger partial charge in [0.25, 0.3) is 0 Å². The molecule has 1 atom stereocenters. The number of hydrogen-bond acceptors (Lipinski definition) is 3. The number of carbonyl (C=O) groups excluding carboxylic acids is 2. The number of nitrogens with one attached hydrogen (secondary N) is 1. The van der Waals surface area contributed by atoms with Gasteiger partial charge in [-0.25, -0.2) is 4.39 Å². The van der Waals surface area contributed by atoms with Crippen LogP contribution in [-0.4, -0.2) is 35.1 Å². The van der Waals surface area contributed by atoms with E-state index >= 15 is 0 Å². The monoisotopic (exact) mass is 416 g/mol. The number of amides is 2. The van der Waals surface area contributed by atoms with Crippen LogP contribution in [0.1, 0.15) is 37.8 Å². The van der Waals surface area contributed by atoms with Gasteiger partial charge in [0, 0.05) is 18.8 Å². The van der Waals surface area contributed by atoms with Crippen molar-refractivity contribution in [2.45, 2.75) is 45.0 Å². The Morgan fingerprint density at radius 1 is 1.03 bits per heavy atom. The molecule has 2 aromatic rings. The summed E-state index contributed by atoms with van der Waals surface area (Å²) in [5.74, 6) is 0.431. The molecular weight excluding hydrogens is 387 g/mol. The zero-order chi connectivity index (χ0) is 21.1. The normalized spacial score (nSPS) is 11.7. The molecule has 1 N–H and O–H groups in total. The zero-order valence-corrected chi connectivity index (χ0v) is 17.9. The first-order valence-corrected chi connectivity index (χ1v) is 11.1. The van der Waals surface area contributed by atoms with E-state index in [-0.39, 0.29) is 23.4 Å². The van der Waals surface area contributed by atoms with Crippen molar-refractivity contribution in [2.24, 2.45) is 0 Å². The molecule has 6 heteroatoms. The molecule has 4 nitrogen and oxygen atoms in total. The third kappa shape index (κ3) is 7.54. The van der Waals surface area contributed by atoms with Crippen LogP contribution in [0.25, 0.3) is 0 Å². The van der Waals surface area contributed by atoms with Crippen LogP contribution in [-0.2, 0) is 21.9 Å². The summed E-state index contributed by atoms with van der Waals surface area (Å²) in [6.45, 7) is 4.92. The SMILES string of the molecule is CCCNC(=O)[C@@H](CC)N(Cc1ccccc1)C(=O)CSCc1ccc(F)cc1. The van der Waals surface area contributed by atoms with Crippen LogP contribution in [0.4, 0.5) is 4.39 Å². The largest absolute Gasteiger partial charge is 0.354 e. The van der Waals surface area contributed by atoms with E-state index in [9.17, 15) is 14.0 Å². The van der Waals surface area contributed by atoms with Crippen LogP contribution in [0.15, 0.2) is 54.6 Å². The van der Waals surface area contributed by atoms with Gasteiger partial charge in [-0.05, 0) is 36.1 Å². The molecule has 0 bridgehead atoms. The second kappa shape index (κ2) is 12.3. The third-order valence-corrected chi connectivity index (χ3v) is 5.53. The van der Waals surface area contributed by atoms with Crippen molar-refractivity contribution < 1.29 is 14.0 Å². The highest BCUT2D eigenvalue weighted by Crippen LogP contribution is 2.17. The van der Waals surface area contributed by atoms with Crippen LogP contribution >= 0.6 is 11.8 Å². The Labute approximate surface area is 176 Å². The van der Waals surface area contributed by atoms with E-state index in [1.807, 2.05) is 44.2 Å². The Morgan fingerprint density at radius 2 is 1.72 bits per heavy atom. The highest BCUT2D eigenvalue weighted by molar-refractivity contribution is 7.99. The number of thioether (sulfide) groups is 1. The summed E-state index contributed by atoms with van der Waals surface area (Å²) < 4.78 is 13.0. The fourth-order valence-corrected chi connectivity index (χ4v) is 3.86. The van der Waals surface area contributed by atoms with Gasteiger partial charge in [0.05, 0.1) is 5.75 Å². The predicted molar refractivity (Wildman–Crippen MR) is 117 cm³/mol. The van der Waals surface area contributed by atoms with E-state index in [1.54, 1.807) is 17.0 Å². The molecule has 29 heavy (non-hydrogen) atoms. The van der Waals surface area contributed by atoms with E-state index in [2.05, 4.69) is 5.32 Å². The summed E-state index contributed by atoms with van der Waals surface area (Å²) >= 11 is 1.47. The van der Waals surface area contributed by atoms with Gasteiger partial charge in [-0.1, -0.05) is 56.3 Å². The Balaban J connectivity index is 2.06. The summed E-state index contributed by atoms with van der Waals surface area (Å²) in [6, 6.07) is 15.5. The van der Waals surface area contributed by atoms with E-state index in [4.69, 9.17) is 0 Å². The highest BCUT2D eigenvalue weighted by atomic mass is 32.2. The molecule has 0 heterocycles. The molecule has 0 unspecified atom stereocenters. The predicted octanol–water partition coefficient (Wildman–Crippen LogP) is 4.39. The van der Waals surface area contributed by atoms with Gasteiger partial charge in [0.2, 0.25) is 11.8 Å². The quantitative estimate of drug-likeness (QED) is 0.591. The summed E-state index contributed by atoms with van der Waals surface area (Å²) in [5, 5.41) is 2.92. The lowest BCUT2D eigenvalue weighted by molar-refractivity contribution is -0.139. The summed E-state index contributed by atoms with van der Waals surface area (Å²) in [5.41, 5.74) is 1.96. The third-order valence-electron chi connectivity index (χ3n) is 4.54. The van der Waals surface area contributed by atoms with Gasteiger partial charge < -0.3 is 10.2 Å². The van der Waals surface area contributed by atoms with Crippen molar-refractivity contribution in [1.82, 2.24) is 10.2 Å². The van der Waals surface area contributed by atoms with Crippen molar-refractivity contribution in [3.63, 3.8) is 0 Å². The zero-order valence-electron chi connectivity index (χ0n) is 17.1. The Hall–Kier alpha value is -2.34. The maximum Gasteiger partial charge on any atom is 0.242 e. The van der Waals surface area contributed by atoms with Crippen molar-refractivity contribution in [2.75, 3.05) is 12.3 Å². The van der Waals surface area contributed by atoms with Gasteiger partial charge in [-0.2, -0.15) is 0 Å². The van der Waals surface area contributed by atoms with Gasteiger partial charge in [0.15, 0.2) is 0 Å². The first-order chi connectivity index (χ1) is 14.0. The number of rotatable bonds is 11. The summed E-state index contributed by atoms with van der Waals surface area (Å²) in [7, 11) is 0. The average Bonchev–Trinajstić information content (AvgIpc) is 2.74. The smallest absolute Gasteiger partial charge is 0.242 e. The highest BCUT2D eigenvalue weighted by Gasteiger charge is 2.28. The molecule has 0 fully saturated rings. The van der Waals surface area contributed by atoms with Crippen LogP contribution in [0, 0.1) is 5.82 Å². The first kappa shape index (κ1) is 22.9. The minimum absolute atomic E-state index is 0.0699. The minimum Gasteiger partial charge on any atom is -0.354 e. The molecule has 2 aromatic carbocycles. The molecular formula is C23H29FN2O2S. The van der Waals surface area contributed by atoms with E-state index < -0.39 is 6.04 Å². The lowest BCUT2D eigenvalue weighted by atomic mass is 10.1. The summed E-state index contributed by atoms with van der Waals surface area (Å²) in [6.07, 6.45) is 1.40. The molecule has 0 radical (unpaired) electrons. The molecule has 0 saturated carbocycles. The lowest BCUT2D eigenvalue weighted by Gasteiger charge is -2.30. The molecule has 0 aliphatic carbocycles. The molecule has 0 spiro atoms. The second-order valence-electron chi connectivity index (χ2n) is 6.84. The molecule has 0 aliphatic heterocycles. The number of carbonyl (C=O) groups is 2. The number of nitrogens with zero attached hydrogens (tertiary/aromatic N) is 1. The molecule has 156 valence electrons. The topological polar surface area (TPSA) is 49.4 Å². The molecule has 0 aliphatic rings. The Kier molecular flexibility index (Phi) is 9.71. The van der Waals surface area contributed by atoms with Gasteiger partial charge >= 0.3 is 0 Å². The van der Waals surface area contributed by atoms with Gasteiger partial charge in [0.1, 0.15) is 11.9 Å². The van der Waals surface area contributed by atoms with Crippen molar-refractivity contribution in [3.8, 4) is 0 Å². The van der Waals surface area contributed by atoms with Crippen LogP contribution in [0.3, 0.4) is 0 Å². The van der Waals surface area contributed by atoms with Crippen molar-refractivity contribution >= 4 is 23.6 Å². The Morgan fingerprint density at radius 3 is 2.34 bits per heavy atom. The van der Waals surface area contributed by atoms with Gasteiger partial charge in [-0.3, -0.25) is 9.59 Å². The first-order valence-electron chi connectivity index (χ1n) is 9.98. The fraction of sp³-hybridized carbons (Fsp3) is 0.391. The van der Waals surface area contributed by atoms with Crippen LogP contribution in [0.2, 0.25) is 0 Å². The lowest BCUT2D eigenvalue weighted by Crippen LogP contribution is -2.49. The maximum atomic E-state index is 13.0. The fourth-order valence-electron chi connectivity index (χ4n) is 2.99. The van der Waals surface area contributed by atoms with Crippen molar-refractivity contribution in [1.29, 1.82) is 0 Å². The minimum atomic E-state index is -0.499. The number of hydrogen-bond donors (Lipinski definition) is 1. The van der Waals surface area contributed by atoms with Crippen molar-refractivity contribution in [3.05, 3.63) is 71.5 Å². The summed E-state index contributed by atoms with van der Waals surface area (Å²) in [4.78, 5) is 27.4.